The van der Waals surface area contributed by atoms with Gasteiger partial charge in [0.15, 0.2) is 0 Å². The minimum atomic E-state index is 1.05. The van der Waals surface area contributed by atoms with Crippen LogP contribution < -0.4 is 0 Å². The van der Waals surface area contributed by atoms with E-state index in [1.807, 2.05) is 6.20 Å². The third-order valence-corrected chi connectivity index (χ3v) is 3.64. The predicted octanol–water partition coefficient (Wildman–Crippen LogP) is 5.80. The summed E-state index contributed by atoms with van der Waals surface area (Å²) in [5.74, 6) is 0. The van der Waals surface area contributed by atoms with E-state index in [-0.39, 0.29) is 0 Å². The number of aromatic nitrogens is 2. The maximum absolute atomic E-state index is 4.42. The molecule has 0 aliphatic rings. The molecule has 2 heteroatoms. The van der Waals surface area contributed by atoms with E-state index in [2.05, 4.69) is 29.9 Å². The molecule has 0 spiro atoms. The van der Waals surface area contributed by atoms with Crippen LogP contribution in [0, 0.1) is 0 Å². The van der Waals surface area contributed by atoms with Crippen LogP contribution in [0.2, 0.25) is 0 Å². The number of hydrogen-bond acceptors (Lipinski definition) is 2. The minimum absolute atomic E-state index is 1.05. The van der Waals surface area contributed by atoms with Crippen LogP contribution in [0.25, 0.3) is 5.57 Å². The van der Waals surface area contributed by atoms with Crippen molar-refractivity contribution < 1.29 is 0 Å². The number of nitrogens with zero attached hydrogens (tertiary/aromatic N) is 2. The second kappa shape index (κ2) is 11.6. The molecule has 0 unspecified atom stereocenters. The SMILES string of the molecule is CCC=C(CCCCCCCCCC)c1cnccn1. The summed E-state index contributed by atoms with van der Waals surface area (Å²) in [6, 6.07) is 0. The minimum Gasteiger partial charge on any atom is -0.261 e. The third-order valence-electron chi connectivity index (χ3n) is 3.64. The Bertz CT molecular complexity index is 357. The van der Waals surface area contributed by atoms with Gasteiger partial charge < -0.3 is 0 Å². The molecule has 112 valence electrons. The topological polar surface area (TPSA) is 25.8 Å². The van der Waals surface area contributed by atoms with E-state index in [4.69, 9.17) is 0 Å². The van der Waals surface area contributed by atoms with Crippen molar-refractivity contribution >= 4 is 5.57 Å². The van der Waals surface area contributed by atoms with E-state index in [1.54, 1.807) is 12.4 Å². The van der Waals surface area contributed by atoms with E-state index in [0.29, 0.717) is 0 Å². The average molecular weight is 274 g/mol. The van der Waals surface area contributed by atoms with Crippen molar-refractivity contribution in [3.63, 3.8) is 0 Å². The van der Waals surface area contributed by atoms with Crippen LogP contribution >= 0.6 is 0 Å². The second-order valence-electron chi connectivity index (χ2n) is 5.45. The Hall–Kier alpha value is -1.18. The predicted molar refractivity (Wildman–Crippen MR) is 87.5 cm³/mol. The molecule has 1 aromatic rings. The fourth-order valence-corrected chi connectivity index (χ4v) is 2.50. The van der Waals surface area contributed by atoms with Crippen LogP contribution in [0.5, 0.6) is 0 Å². The lowest BCUT2D eigenvalue weighted by Gasteiger charge is -2.06. The zero-order chi connectivity index (χ0) is 14.5. The summed E-state index contributed by atoms with van der Waals surface area (Å²) in [7, 11) is 0. The van der Waals surface area contributed by atoms with Crippen LogP contribution in [0.3, 0.4) is 0 Å². The Morgan fingerprint density at radius 1 is 0.950 bits per heavy atom. The molecule has 0 N–H and O–H groups in total. The molecule has 0 saturated carbocycles. The fraction of sp³-hybridized carbons (Fsp3) is 0.667. The van der Waals surface area contributed by atoms with E-state index in [1.165, 1.54) is 56.9 Å². The van der Waals surface area contributed by atoms with Crippen molar-refractivity contribution in [3.8, 4) is 0 Å². The highest BCUT2D eigenvalue weighted by Crippen LogP contribution is 2.20. The number of unbranched alkanes of at least 4 members (excludes halogenated alkanes) is 7. The Labute approximate surface area is 124 Å². The largest absolute Gasteiger partial charge is 0.261 e. The molecule has 0 fully saturated rings. The monoisotopic (exact) mass is 274 g/mol. The second-order valence-corrected chi connectivity index (χ2v) is 5.45. The van der Waals surface area contributed by atoms with Gasteiger partial charge in [-0.1, -0.05) is 64.9 Å². The van der Waals surface area contributed by atoms with Gasteiger partial charge in [-0.3, -0.25) is 9.97 Å². The van der Waals surface area contributed by atoms with Crippen LogP contribution in [-0.4, -0.2) is 9.97 Å². The first-order chi connectivity index (χ1) is 9.88. The summed E-state index contributed by atoms with van der Waals surface area (Å²) in [6.07, 6.45) is 20.9. The van der Waals surface area contributed by atoms with Gasteiger partial charge in [-0.15, -0.1) is 0 Å². The summed E-state index contributed by atoms with van der Waals surface area (Å²) in [6.45, 7) is 4.46. The van der Waals surface area contributed by atoms with E-state index in [0.717, 1.165) is 18.5 Å². The van der Waals surface area contributed by atoms with Gasteiger partial charge in [-0.2, -0.15) is 0 Å². The van der Waals surface area contributed by atoms with Gasteiger partial charge in [-0.25, -0.2) is 0 Å². The molecule has 0 aliphatic heterocycles. The lowest BCUT2D eigenvalue weighted by atomic mass is 10.0. The average Bonchev–Trinajstić information content (AvgIpc) is 2.50. The smallest absolute Gasteiger partial charge is 0.0841 e. The Morgan fingerprint density at radius 2 is 1.65 bits per heavy atom. The molecule has 0 amide bonds. The van der Waals surface area contributed by atoms with Gasteiger partial charge in [0.1, 0.15) is 0 Å². The van der Waals surface area contributed by atoms with Gasteiger partial charge >= 0.3 is 0 Å². The first-order valence-electron chi connectivity index (χ1n) is 8.33. The maximum Gasteiger partial charge on any atom is 0.0841 e. The number of rotatable bonds is 11. The highest BCUT2D eigenvalue weighted by Gasteiger charge is 2.02. The molecule has 1 heterocycles. The van der Waals surface area contributed by atoms with Gasteiger partial charge in [0.05, 0.1) is 11.9 Å². The summed E-state index contributed by atoms with van der Waals surface area (Å²) < 4.78 is 0. The van der Waals surface area contributed by atoms with E-state index in [9.17, 15) is 0 Å². The zero-order valence-corrected chi connectivity index (χ0v) is 13.3. The molecule has 0 aromatic carbocycles. The Kier molecular flexibility index (Phi) is 9.81. The van der Waals surface area contributed by atoms with Gasteiger partial charge in [0, 0.05) is 12.4 Å². The molecular formula is C18H30N2. The highest BCUT2D eigenvalue weighted by molar-refractivity contribution is 5.61. The van der Waals surface area contributed by atoms with Crippen molar-refractivity contribution in [2.24, 2.45) is 0 Å². The molecule has 1 aromatic heterocycles. The first-order valence-corrected chi connectivity index (χ1v) is 8.33. The van der Waals surface area contributed by atoms with E-state index < -0.39 is 0 Å². The lowest BCUT2D eigenvalue weighted by molar-refractivity contribution is 0.578. The van der Waals surface area contributed by atoms with Crippen molar-refractivity contribution in [1.82, 2.24) is 9.97 Å². The molecule has 0 aliphatic carbocycles. The summed E-state index contributed by atoms with van der Waals surface area (Å²) in [4.78, 5) is 8.59. The third kappa shape index (κ3) is 7.42. The van der Waals surface area contributed by atoms with Crippen molar-refractivity contribution in [1.29, 1.82) is 0 Å². The summed E-state index contributed by atoms with van der Waals surface area (Å²) in [5, 5.41) is 0. The summed E-state index contributed by atoms with van der Waals surface area (Å²) >= 11 is 0. The summed E-state index contributed by atoms with van der Waals surface area (Å²) in [5.41, 5.74) is 2.42. The van der Waals surface area contributed by atoms with Crippen molar-refractivity contribution in [2.75, 3.05) is 0 Å². The van der Waals surface area contributed by atoms with Crippen molar-refractivity contribution in [2.45, 2.75) is 78.1 Å². The molecule has 0 saturated heterocycles. The molecule has 0 radical (unpaired) electrons. The van der Waals surface area contributed by atoms with Gasteiger partial charge in [-0.05, 0) is 24.8 Å². The molecule has 2 nitrogen and oxygen atoms in total. The lowest BCUT2D eigenvalue weighted by Crippen LogP contribution is -1.91. The van der Waals surface area contributed by atoms with Crippen LogP contribution in [0.1, 0.15) is 83.7 Å². The maximum atomic E-state index is 4.42. The van der Waals surface area contributed by atoms with Crippen LogP contribution in [-0.2, 0) is 0 Å². The number of allylic oxidation sites excluding steroid dienone is 2. The molecule has 20 heavy (non-hydrogen) atoms. The van der Waals surface area contributed by atoms with E-state index >= 15 is 0 Å². The molecule has 0 atom stereocenters. The Balaban J connectivity index is 2.19. The molecular weight excluding hydrogens is 244 g/mol. The fourth-order valence-electron chi connectivity index (χ4n) is 2.50. The van der Waals surface area contributed by atoms with Crippen LogP contribution in [0.15, 0.2) is 24.7 Å². The van der Waals surface area contributed by atoms with Gasteiger partial charge in [0.25, 0.3) is 0 Å². The number of hydrogen-bond donors (Lipinski definition) is 0. The highest BCUT2D eigenvalue weighted by atomic mass is 14.8. The first kappa shape index (κ1) is 16.9. The van der Waals surface area contributed by atoms with Gasteiger partial charge in [0.2, 0.25) is 0 Å². The Morgan fingerprint density at radius 3 is 2.25 bits per heavy atom. The molecule has 0 bridgehead atoms. The standard InChI is InChI=1S/C18H30N2/c1-3-5-6-7-8-9-10-11-13-17(12-4-2)18-16-19-14-15-20-18/h12,14-16H,3-11,13H2,1-2H3. The quantitative estimate of drug-likeness (QED) is 0.476. The van der Waals surface area contributed by atoms with Crippen LogP contribution in [0.4, 0.5) is 0 Å². The zero-order valence-electron chi connectivity index (χ0n) is 13.3. The normalized spacial score (nSPS) is 11.8. The molecule has 1 rings (SSSR count). The van der Waals surface area contributed by atoms with Crippen molar-refractivity contribution in [3.05, 3.63) is 30.4 Å².